The lowest BCUT2D eigenvalue weighted by Gasteiger charge is -2.53. The first-order valence-electron chi connectivity index (χ1n) is 11.9. The number of carbonyl (C=O) groups is 2. The van der Waals surface area contributed by atoms with Gasteiger partial charge in [-0.15, -0.1) is 0 Å². The molecule has 0 bridgehead atoms. The van der Waals surface area contributed by atoms with Gasteiger partial charge < -0.3 is 24.0 Å². The number of para-hydroxylation sites is 1. The molecule has 1 aromatic carbocycles. The third-order valence-electron chi connectivity index (χ3n) is 7.96. The molecule has 0 N–H and O–H groups in total. The van der Waals surface area contributed by atoms with Crippen LogP contribution in [0.2, 0.25) is 0 Å². The molecule has 0 aliphatic carbocycles. The van der Waals surface area contributed by atoms with Crippen molar-refractivity contribution in [3.8, 4) is 11.5 Å². The summed E-state index contributed by atoms with van der Waals surface area (Å²) in [6.07, 6.45) is 3.54. The van der Waals surface area contributed by atoms with Crippen LogP contribution in [0.5, 0.6) is 11.5 Å². The van der Waals surface area contributed by atoms with Crippen molar-refractivity contribution in [1.29, 1.82) is 0 Å². The first-order chi connectivity index (χ1) is 15.3. The molecule has 4 heterocycles. The highest BCUT2D eigenvalue weighted by Gasteiger charge is 2.52. The topological polar surface area (TPSA) is 68.3 Å². The first kappa shape index (κ1) is 21.6. The molecule has 7 heteroatoms. The van der Waals surface area contributed by atoms with Gasteiger partial charge in [-0.25, -0.2) is 0 Å². The van der Waals surface area contributed by atoms with Crippen molar-refractivity contribution in [2.45, 2.75) is 70.3 Å². The number of hydrogen-bond acceptors (Lipinski definition) is 5. The predicted octanol–water partition coefficient (Wildman–Crippen LogP) is 3.17. The largest absolute Gasteiger partial charge is 0.493 e. The van der Waals surface area contributed by atoms with E-state index in [0.717, 1.165) is 42.7 Å². The Morgan fingerprint density at radius 3 is 2.75 bits per heavy atom. The second-order valence-electron chi connectivity index (χ2n) is 10.2. The molecule has 3 saturated heterocycles. The summed E-state index contributed by atoms with van der Waals surface area (Å²) in [4.78, 5) is 29.0. The Morgan fingerprint density at radius 2 is 2.00 bits per heavy atom. The van der Waals surface area contributed by atoms with Gasteiger partial charge >= 0.3 is 0 Å². The van der Waals surface area contributed by atoms with Crippen LogP contribution in [0.1, 0.15) is 58.1 Å². The van der Waals surface area contributed by atoms with E-state index in [0.29, 0.717) is 19.6 Å². The molecule has 1 aromatic rings. The number of carbonyl (C=O) groups excluding carboxylic acids is 2. The normalized spacial score (nSPS) is 32.9. The lowest BCUT2D eigenvalue weighted by molar-refractivity contribution is -0.189. The Hall–Kier alpha value is -2.28. The van der Waals surface area contributed by atoms with Crippen molar-refractivity contribution in [3.63, 3.8) is 0 Å². The molecule has 0 aromatic heterocycles. The van der Waals surface area contributed by atoms with Crippen LogP contribution in [0.3, 0.4) is 0 Å². The number of piperidine rings is 1. The van der Waals surface area contributed by atoms with E-state index in [4.69, 9.17) is 14.2 Å². The smallest absolute Gasteiger partial charge is 0.245 e. The lowest BCUT2D eigenvalue weighted by Crippen LogP contribution is -2.57. The molecule has 4 aliphatic heterocycles. The standard InChI is InChI=1S/C25H34N2O5/c1-15(28)27-11-6-8-19(27)24(29)26-12-10-20-16(14-26)13-18-22(31-20)17-7-5-9-21(30-4)23(17)32-25(18,2)3/h5,7,9,16,18-20,22H,6,8,10-14H2,1-4H3/t16-,18+,19+,20+,22-/m0/s1. The van der Waals surface area contributed by atoms with Crippen molar-refractivity contribution in [3.05, 3.63) is 23.8 Å². The Balaban J connectivity index is 1.35. The summed E-state index contributed by atoms with van der Waals surface area (Å²) in [5.41, 5.74) is 0.661. The highest BCUT2D eigenvalue weighted by Crippen LogP contribution is 2.55. The van der Waals surface area contributed by atoms with E-state index < -0.39 is 5.60 Å². The van der Waals surface area contributed by atoms with E-state index in [-0.39, 0.29) is 41.9 Å². The minimum absolute atomic E-state index is 0.00484. The molecular formula is C25H34N2O5. The van der Waals surface area contributed by atoms with E-state index in [2.05, 4.69) is 19.9 Å². The number of amides is 2. The van der Waals surface area contributed by atoms with Gasteiger partial charge in [-0.3, -0.25) is 9.59 Å². The van der Waals surface area contributed by atoms with Crippen molar-refractivity contribution in [2.24, 2.45) is 11.8 Å². The summed E-state index contributed by atoms with van der Waals surface area (Å²) in [6, 6.07) is 5.71. The van der Waals surface area contributed by atoms with Crippen molar-refractivity contribution < 1.29 is 23.8 Å². The molecule has 0 spiro atoms. The van der Waals surface area contributed by atoms with Gasteiger partial charge in [0, 0.05) is 44.0 Å². The van der Waals surface area contributed by atoms with E-state index in [9.17, 15) is 9.59 Å². The number of methoxy groups -OCH3 is 1. The molecule has 4 aliphatic rings. The van der Waals surface area contributed by atoms with Gasteiger partial charge in [0.1, 0.15) is 11.6 Å². The highest BCUT2D eigenvalue weighted by atomic mass is 16.5. The van der Waals surface area contributed by atoms with Gasteiger partial charge in [-0.1, -0.05) is 12.1 Å². The molecule has 0 radical (unpaired) electrons. The average molecular weight is 443 g/mol. The van der Waals surface area contributed by atoms with Gasteiger partial charge in [-0.2, -0.15) is 0 Å². The zero-order chi connectivity index (χ0) is 22.6. The van der Waals surface area contributed by atoms with Crippen LogP contribution >= 0.6 is 0 Å². The van der Waals surface area contributed by atoms with Crippen LogP contribution in [0.4, 0.5) is 0 Å². The van der Waals surface area contributed by atoms with Crippen molar-refractivity contribution >= 4 is 11.8 Å². The molecule has 174 valence electrons. The van der Waals surface area contributed by atoms with Crippen LogP contribution in [0, 0.1) is 11.8 Å². The molecule has 5 atom stereocenters. The van der Waals surface area contributed by atoms with E-state index in [1.807, 2.05) is 17.0 Å². The molecule has 7 nitrogen and oxygen atoms in total. The fourth-order valence-corrected chi connectivity index (χ4v) is 6.26. The van der Waals surface area contributed by atoms with E-state index in [1.54, 1.807) is 18.9 Å². The maximum absolute atomic E-state index is 13.3. The predicted molar refractivity (Wildman–Crippen MR) is 119 cm³/mol. The van der Waals surface area contributed by atoms with Crippen LogP contribution in [-0.4, -0.2) is 66.1 Å². The summed E-state index contributed by atoms with van der Waals surface area (Å²) in [5, 5.41) is 0. The Morgan fingerprint density at radius 1 is 1.19 bits per heavy atom. The van der Waals surface area contributed by atoms with Gasteiger partial charge in [0.15, 0.2) is 11.5 Å². The van der Waals surface area contributed by atoms with E-state index >= 15 is 0 Å². The molecular weight excluding hydrogens is 408 g/mol. The van der Waals surface area contributed by atoms with Gasteiger partial charge in [0.05, 0.1) is 19.3 Å². The van der Waals surface area contributed by atoms with Crippen LogP contribution in [-0.2, 0) is 14.3 Å². The summed E-state index contributed by atoms with van der Waals surface area (Å²) in [7, 11) is 1.67. The fraction of sp³-hybridized carbons (Fsp3) is 0.680. The Labute approximate surface area is 190 Å². The van der Waals surface area contributed by atoms with Crippen LogP contribution < -0.4 is 9.47 Å². The SMILES string of the molecule is COc1cccc2c1OC(C)(C)[C@@H]1C[C@H]3CN(C(=O)[C@H]4CCCN4C(C)=O)CC[C@H]3O[C@@H]21. The van der Waals surface area contributed by atoms with Crippen molar-refractivity contribution in [2.75, 3.05) is 26.7 Å². The number of nitrogens with zero attached hydrogens (tertiary/aromatic N) is 2. The monoisotopic (exact) mass is 442 g/mol. The zero-order valence-electron chi connectivity index (χ0n) is 19.5. The number of fused-ring (bicyclic) bond motifs is 4. The number of hydrogen-bond donors (Lipinski definition) is 0. The Bertz CT molecular complexity index is 916. The Kier molecular flexibility index (Phi) is 5.35. The third-order valence-corrected chi connectivity index (χ3v) is 7.96. The first-order valence-corrected chi connectivity index (χ1v) is 11.9. The van der Waals surface area contributed by atoms with Gasteiger partial charge in [0.2, 0.25) is 11.8 Å². The summed E-state index contributed by atoms with van der Waals surface area (Å²) < 4.78 is 18.7. The summed E-state index contributed by atoms with van der Waals surface area (Å²) >= 11 is 0. The molecule has 3 fully saturated rings. The maximum atomic E-state index is 13.3. The zero-order valence-corrected chi connectivity index (χ0v) is 19.5. The quantitative estimate of drug-likeness (QED) is 0.704. The van der Waals surface area contributed by atoms with Gasteiger partial charge in [0.25, 0.3) is 0 Å². The van der Waals surface area contributed by atoms with E-state index in [1.165, 1.54) is 0 Å². The molecule has 0 unspecified atom stereocenters. The third kappa shape index (κ3) is 3.45. The maximum Gasteiger partial charge on any atom is 0.245 e. The summed E-state index contributed by atoms with van der Waals surface area (Å²) in [5.74, 6) is 2.10. The second-order valence-corrected chi connectivity index (χ2v) is 10.2. The second kappa shape index (κ2) is 7.94. The number of benzene rings is 1. The molecule has 0 saturated carbocycles. The highest BCUT2D eigenvalue weighted by molar-refractivity contribution is 5.87. The average Bonchev–Trinajstić information content (AvgIpc) is 3.27. The van der Waals surface area contributed by atoms with Crippen molar-refractivity contribution in [1.82, 2.24) is 9.80 Å². The number of likely N-dealkylation sites (tertiary alicyclic amines) is 2. The van der Waals surface area contributed by atoms with Crippen LogP contribution in [0.15, 0.2) is 18.2 Å². The minimum Gasteiger partial charge on any atom is -0.493 e. The lowest BCUT2D eigenvalue weighted by atomic mass is 9.70. The minimum atomic E-state index is -0.402. The number of ether oxygens (including phenoxy) is 3. The molecule has 2 amide bonds. The summed E-state index contributed by atoms with van der Waals surface area (Å²) in [6.45, 7) is 7.87. The molecule has 5 rings (SSSR count). The fourth-order valence-electron chi connectivity index (χ4n) is 6.26. The number of rotatable bonds is 2. The van der Waals surface area contributed by atoms with Gasteiger partial charge in [-0.05, 0) is 45.6 Å². The molecule has 32 heavy (non-hydrogen) atoms. The van der Waals surface area contributed by atoms with Crippen LogP contribution in [0.25, 0.3) is 0 Å².